The second-order valence-corrected chi connectivity index (χ2v) is 8.53. The molecule has 0 radical (unpaired) electrons. The molecular weight excluding hydrogens is 300 g/mol. The van der Waals surface area contributed by atoms with Crippen molar-refractivity contribution in [3.63, 3.8) is 0 Å². The van der Waals surface area contributed by atoms with Crippen LogP contribution >= 0.6 is 0 Å². The normalized spacial score (nSPS) is 13.6. The minimum atomic E-state index is -3.76. The van der Waals surface area contributed by atoms with E-state index in [1.54, 1.807) is 30.3 Å². The van der Waals surface area contributed by atoms with Crippen LogP contribution in [0.5, 0.6) is 0 Å². The molecule has 8 heteroatoms. The summed E-state index contributed by atoms with van der Waals surface area (Å²) in [6, 6.07) is 9.92. The van der Waals surface area contributed by atoms with Crippen LogP contribution in [0, 0.1) is 11.3 Å². The third-order valence-electron chi connectivity index (χ3n) is 2.54. The second kappa shape index (κ2) is 6.83. The predicted octanol–water partition coefficient (Wildman–Crippen LogP) is 0.605. The first-order chi connectivity index (χ1) is 9.23. The Labute approximate surface area is 119 Å². The largest absolute Gasteiger partial charge is 0.229 e. The van der Waals surface area contributed by atoms with E-state index in [2.05, 4.69) is 4.72 Å². The number of benzene rings is 1. The number of sulfone groups is 1. The lowest BCUT2D eigenvalue weighted by molar-refractivity contribution is 0.558. The van der Waals surface area contributed by atoms with Crippen LogP contribution < -0.4 is 4.72 Å². The van der Waals surface area contributed by atoms with Gasteiger partial charge in [-0.2, -0.15) is 5.26 Å². The van der Waals surface area contributed by atoms with Crippen LogP contribution in [-0.4, -0.2) is 34.6 Å². The summed E-state index contributed by atoms with van der Waals surface area (Å²) < 4.78 is 48.1. The topological polar surface area (TPSA) is 104 Å². The minimum Gasteiger partial charge on any atom is -0.229 e. The standard InChI is InChI=1S/C12H16N2O4S2/c1-19(15,16)9-10-20(17,18)14-12(7-8-13)11-5-3-2-4-6-11/h2-6,12,14H,7,9-10H2,1H3/t12-/m0/s1. The fourth-order valence-electron chi connectivity index (χ4n) is 1.54. The summed E-state index contributed by atoms with van der Waals surface area (Å²) in [7, 11) is -7.12. The number of sulfonamides is 1. The lowest BCUT2D eigenvalue weighted by Crippen LogP contribution is -2.32. The Morgan fingerprint density at radius 1 is 1.15 bits per heavy atom. The van der Waals surface area contributed by atoms with Crippen molar-refractivity contribution in [2.75, 3.05) is 17.8 Å². The molecule has 1 aromatic carbocycles. The Morgan fingerprint density at radius 2 is 1.75 bits per heavy atom. The number of hydrogen-bond acceptors (Lipinski definition) is 5. The van der Waals surface area contributed by atoms with Crippen molar-refractivity contribution in [1.82, 2.24) is 4.72 Å². The van der Waals surface area contributed by atoms with Crippen LogP contribution in [0.15, 0.2) is 30.3 Å². The lowest BCUT2D eigenvalue weighted by Gasteiger charge is -2.16. The van der Waals surface area contributed by atoms with E-state index in [0.29, 0.717) is 5.56 Å². The molecule has 0 unspecified atom stereocenters. The number of hydrogen-bond donors (Lipinski definition) is 1. The zero-order valence-corrected chi connectivity index (χ0v) is 12.6. The highest BCUT2D eigenvalue weighted by Crippen LogP contribution is 2.17. The molecule has 0 amide bonds. The summed E-state index contributed by atoms with van der Waals surface area (Å²) in [4.78, 5) is 0. The number of nitrogens with zero attached hydrogens (tertiary/aromatic N) is 1. The lowest BCUT2D eigenvalue weighted by atomic mass is 10.1. The van der Waals surface area contributed by atoms with E-state index >= 15 is 0 Å². The molecule has 0 fully saturated rings. The Balaban J connectivity index is 2.83. The molecule has 0 aliphatic rings. The van der Waals surface area contributed by atoms with Crippen molar-refractivity contribution in [2.24, 2.45) is 0 Å². The van der Waals surface area contributed by atoms with Crippen LogP contribution in [0.4, 0.5) is 0 Å². The van der Waals surface area contributed by atoms with Gasteiger partial charge in [0.05, 0.1) is 30.0 Å². The first-order valence-corrected chi connectivity index (χ1v) is 9.54. The Kier molecular flexibility index (Phi) is 5.68. The van der Waals surface area contributed by atoms with Gasteiger partial charge in [-0.05, 0) is 5.56 Å². The molecule has 1 aromatic rings. The molecule has 0 aliphatic heterocycles. The van der Waals surface area contributed by atoms with E-state index in [0.717, 1.165) is 6.26 Å². The summed E-state index contributed by atoms with van der Waals surface area (Å²) in [5.41, 5.74) is 0.664. The monoisotopic (exact) mass is 316 g/mol. The maximum absolute atomic E-state index is 11.9. The molecule has 20 heavy (non-hydrogen) atoms. The molecule has 6 nitrogen and oxygen atoms in total. The Hall–Kier alpha value is -1.43. The van der Waals surface area contributed by atoms with E-state index in [-0.39, 0.29) is 6.42 Å². The maximum atomic E-state index is 11.9. The number of nitriles is 1. The van der Waals surface area contributed by atoms with E-state index in [9.17, 15) is 16.8 Å². The van der Waals surface area contributed by atoms with Gasteiger partial charge in [0.15, 0.2) is 0 Å². The second-order valence-electron chi connectivity index (χ2n) is 4.39. The van der Waals surface area contributed by atoms with Crippen LogP contribution in [0.25, 0.3) is 0 Å². The van der Waals surface area contributed by atoms with Crippen molar-refractivity contribution >= 4 is 19.9 Å². The van der Waals surface area contributed by atoms with Crippen molar-refractivity contribution in [3.05, 3.63) is 35.9 Å². The summed E-state index contributed by atoms with van der Waals surface area (Å²) in [5, 5.41) is 8.77. The average Bonchev–Trinajstić information content (AvgIpc) is 2.36. The molecule has 0 aromatic heterocycles. The summed E-state index contributed by atoms with van der Waals surface area (Å²) in [6.07, 6.45) is 0.953. The SMILES string of the molecule is CS(=O)(=O)CCS(=O)(=O)N[C@@H](CC#N)c1ccccc1. The number of nitrogens with one attached hydrogen (secondary N) is 1. The van der Waals surface area contributed by atoms with Gasteiger partial charge in [0.25, 0.3) is 0 Å². The van der Waals surface area contributed by atoms with Crippen molar-refractivity contribution in [2.45, 2.75) is 12.5 Å². The van der Waals surface area contributed by atoms with Crippen LogP contribution in [0.1, 0.15) is 18.0 Å². The van der Waals surface area contributed by atoms with Crippen LogP contribution in [0.3, 0.4) is 0 Å². The van der Waals surface area contributed by atoms with Crippen molar-refractivity contribution < 1.29 is 16.8 Å². The Morgan fingerprint density at radius 3 is 2.25 bits per heavy atom. The smallest absolute Gasteiger partial charge is 0.213 e. The average molecular weight is 316 g/mol. The maximum Gasteiger partial charge on any atom is 0.213 e. The van der Waals surface area contributed by atoms with Gasteiger partial charge in [0, 0.05) is 6.26 Å². The molecule has 0 saturated heterocycles. The van der Waals surface area contributed by atoms with Gasteiger partial charge in [0.1, 0.15) is 9.84 Å². The molecule has 0 saturated carbocycles. The van der Waals surface area contributed by atoms with Gasteiger partial charge < -0.3 is 0 Å². The van der Waals surface area contributed by atoms with E-state index in [4.69, 9.17) is 5.26 Å². The molecule has 110 valence electrons. The highest BCUT2D eigenvalue weighted by atomic mass is 32.2. The summed E-state index contributed by atoms with van der Waals surface area (Å²) >= 11 is 0. The molecule has 0 heterocycles. The van der Waals surface area contributed by atoms with E-state index in [1.165, 1.54) is 0 Å². The summed E-state index contributed by atoms with van der Waals surface area (Å²) in [5.74, 6) is -0.961. The van der Waals surface area contributed by atoms with Gasteiger partial charge in [-0.3, -0.25) is 0 Å². The summed E-state index contributed by atoms with van der Waals surface area (Å²) in [6.45, 7) is 0. The third-order valence-corrected chi connectivity index (χ3v) is 5.13. The molecule has 0 bridgehead atoms. The van der Waals surface area contributed by atoms with Gasteiger partial charge >= 0.3 is 0 Å². The van der Waals surface area contributed by atoms with Gasteiger partial charge in [-0.1, -0.05) is 30.3 Å². The molecule has 0 spiro atoms. The van der Waals surface area contributed by atoms with Crippen molar-refractivity contribution in [1.29, 1.82) is 5.26 Å². The highest BCUT2D eigenvalue weighted by Gasteiger charge is 2.20. The molecular formula is C12H16N2O4S2. The van der Waals surface area contributed by atoms with Gasteiger partial charge in [-0.15, -0.1) is 0 Å². The highest BCUT2D eigenvalue weighted by molar-refractivity contribution is 7.93. The van der Waals surface area contributed by atoms with Crippen LogP contribution in [-0.2, 0) is 19.9 Å². The fourth-order valence-corrected chi connectivity index (χ4v) is 4.40. The molecule has 1 rings (SSSR count). The predicted molar refractivity (Wildman–Crippen MR) is 76.0 cm³/mol. The van der Waals surface area contributed by atoms with Crippen LogP contribution in [0.2, 0.25) is 0 Å². The fraction of sp³-hybridized carbons (Fsp3) is 0.417. The zero-order valence-electron chi connectivity index (χ0n) is 11.0. The minimum absolute atomic E-state index is 0.0257. The number of rotatable bonds is 7. The molecule has 0 aliphatic carbocycles. The van der Waals surface area contributed by atoms with E-state index < -0.39 is 37.4 Å². The first kappa shape index (κ1) is 16.6. The molecule has 1 atom stereocenters. The molecule has 1 N–H and O–H groups in total. The first-order valence-electron chi connectivity index (χ1n) is 5.83. The van der Waals surface area contributed by atoms with Crippen molar-refractivity contribution in [3.8, 4) is 6.07 Å². The Bertz CT molecular complexity index is 676. The van der Waals surface area contributed by atoms with Gasteiger partial charge in [-0.25, -0.2) is 21.6 Å². The van der Waals surface area contributed by atoms with Gasteiger partial charge in [0.2, 0.25) is 10.0 Å². The third kappa shape index (κ3) is 6.14. The zero-order chi connectivity index (χ0) is 15.2. The quantitative estimate of drug-likeness (QED) is 0.793. The van der Waals surface area contributed by atoms with E-state index in [1.807, 2.05) is 6.07 Å².